The molecule has 0 spiro atoms. The number of rotatable bonds is 8. The first-order chi connectivity index (χ1) is 20.9. The minimum atomic E-state index is -0.918. The van der Waals surface area contributed by atoms with Crippen molar-refractivity contribution in [2.24, 2.45) is 11.7 Å². The van der Waals surface area contributed by atoms with Crippen molar-refractivity contribution in [3.05, 3.63) is 124 Å². The predicted octanol–water partition coefficient (Wildman–Crippen LogP) is 6.67. The smallest absolute Gasteiger partial charge is 0.254 e. The summed E-state index contributed by atoms with van der Waals surface area (Å²) >= 11 is 0. The van der Waals surface area contributed by atoms with Gasteiger partial charge in [0.25, 0.3) is 11.8 Å². The van der Waals surface area contributed by atoms with Gasteiger partial charge in [0.1, 0.15) is 5.82 Å². The maximum absolute atomic E-state index is 13.8. The molecule has 0 saturated heterocycles. The highest BCUT2D eigenvalue weighted by atomic mass is 19.2. The lowest BCUT2D eigenvalue weighted by Gasteiger charge is -2.26. The summed E-state index contributed by atoms with van der Waals surface area (Å²) in [5, 5.41) is 3.91. The zero-order valence-electron chi connectivity index (χ0n) is 24.5. The number of pyridine rings is 1. The topological polar surface area (TPSA) is 90.0 Å². The van der Waals surface area contributed by atoms with Crippen LogP contribution >= 0.6 is 0 Å². The van der Waals surface area contributed by atoms with E-state index in [1.807, 2.05) is 55.8 Å². The van der Waals surface area contributed by atoms with E-state index in [1.54, 1.807) is 12.1 Å². The van der Waals surface area contributed by atoms with Gasteiger partial charge in [-0.15, -0.1) is 0 Å². The Hall–Kier alpha value is -4.92. The molecule has 1 aliphatic heterocycles. The van der Waals surface area contributed by atoms with Crippen LogP contribution in [0.25, 0.3) is 22.0 Å². The quantitative estimate of drug-likeness (QED) is 0.210. The molecular formula is C35H31F3N4O2. The molecule has 3 heterocycles. The lowest BCUT2D eigenvalue weighted by Crippen LogP contribution is -2.39. The lowest BCUT2D eigenvalue weighted by atomic mass is 9.84. The molecule has 2 aromatic heterocycles. The number of primary amides is 1. The third-order valence-electron chi connectivity index (χ3n) is 8.13. The largest absolute Gasteiger partial charge is 0.366 e. The van der Waals surface area contributed by atoms with Crippen LogP contribution in [0.3, 0.4) is 0 Å². The molecule has 0 bridgehead atoms. The molecule has 1 atom stereocenters. The number of aromatic nitrogens is 2. The van der Waals surface area contributed by atoms with Crippen LogP contribution in [0.1, 0.15) is 64.0 Å². The Morgan fingerprint density at radius 2 is 1.68 bits per heavy atom. The number of benzene rings is 3. The summed E-state index contributed by atoms with van der Waals surface area (Å²) < 4.78 is 42.8. The summed E-state index contributed by atoms with van der Waals surface area (Å²) in [5.41, 5.74) is 9.90. The maximum Gasteiger partial charge on any atom is 0.254 e. The summed E-state index contributed by atoms with van der Waals surface area (Å²) in [4.78, 5) is 31.7. The number of hydrogen-bond acceptors (Lipinski definition) is 3. The standard InChI is InChI=1S/C35H31F3N4O2/c1-19(2)14-27-30(33(39)43)29(31-32(40-27)35(3,41-34(31)44)17-20-4-8-24(36)9-5-20)23-7-11-28-22(16-23)12-13-42(28)18-21-6-10-25(37)26(38)15-21/h4-13,15-16,19H,14,17-18H2,1-3H3,(H2,39,43)(H,41,44)/t35-/m0/s1. The molecule has 6 nitrogen and oxygen atoms in total. The van der Waals surface area contributed by atoms with E-state index >= 15 is 0 Å². The number of carbonyl (C=O) groups is 2. The average molecular weight is 597 g/mol. The van der Waals surface area contributed by atoms with Crippen LogP contribution < -0.4 is 11.1 Å². The first-order valence-corrected chi connectivity index (χ1v) is 14.4. The number of fused-ring (bicyclic) bond motifs is 2. The summed E-state index contributed by atoms with van der Waals surface area (Å²) in [6.45, 7) is 6.23. The van der Waals surface area contributed by atoms with Crippen LogP contribution in [0.15, 0.2) is 72.9 Å². The van der Waals surface area contributed by atoms with E-state index in [9.17, 15) is 22.8 Å². The molecule has 0 fully saturated rings. The Bertz CT molecular complexity index is 1950. The van der Waals surface area contributed by atoms with Crippen LogP contribution in [0, 0.1) is 23.4 Å². The van der Waals surface area contributed by atoms with E-state index in [0.717, 1.165) is 22.5 Å². The number of nitrogens with zero attached hydrogens (tertiary/aromatic N) is 2. The van der Waals surface area contributed by atoms with E-state index < -0.39 is 23.1 Å². The van der Waals surface area contributed by atoms with Crippen molar-refractivity contribution >= 4 is 22.7 Å². The molecule has 6 rings (SSSR count). The lowest BCUT2D eigenvalue weighted by molar-refractivity contribution is 0.0935. The van der Waals surface area contributed by atoms with Gasteiger partial charge in [0.05, 0.1) is 28.1 Å². The third kappa shape index (κ3) is 5.23. The number of nitrogens with two attached hydrogens (primary N) is 1. The Morgan fingerprint density at radius 1 is 0.955 bits per heavy atom. The van der Waals surface area contributed by atoms with Gasteiger partial charge in [0, 0.05) is 35.6 Å². The van der Waals surface area contributed by atoms with Gasteiger partial charge in [-0.25, -0.2) is 13.2 Å². The number of carbonyl (C=O) groups excluding carboxylic acids is 2. The first kappa shape index (κ1) is 29.2. The van der Waals surface area contributed by atoms with E-state index in [4.69, 9.17) is 10.7 Å². The molecule has 224 valence electrons. The van der Waals surface area contributed by atoms with E-state index in [2.05, 4.69) is 5.32 Å². The third-order valence-corrected chi connectivity index (χ3v) is 8.13. The maximum atomic E-state index is 13.8. The molecule has 0 aliphatic carbocycles. The van der Waals surface area contributed by atoms with Gasteiger partial charge in [-0.1, -0.05) is 38.1 Å². The van der Waals surface area contributed by atoms with Crippen LogP contribution in [-0.2, 0) is 24.9 Å². The molecule has 0 radical (unpaired) electrons. The zero-order valence-corrected chi connectivity index (χ0v) is 24.5. The highest BCUT2D eigenvalue weighted by molar-refractivity contribution is 6.12. The molecule has 3 N–H and O–H groups in total. The van der Waals surface area contributed by atoms with Crippen molar-refractivity contribution in [3.63, 3.8) is 0 Å². The molecule has 0 saturated carbocycles. The van der Waals surface area contributed by atoms with E-state index in [0.29, 0.717) is 47.5 Å². The number of amides is 2. The minimum absolute atomic E-state index is 0.146. The molecule has 44 heavy (non-hydrogen) atoms. The molecule has 9 heteroatoms. The van der Waals surface area contributed by atoms with Crippen molar-refractivity contribution < 1.29 is 22.8 Å². The Balaban J connectivity index is 1.50. The van der Waals surface area contributed by atoms with Crippen LogP contribution in [-0.4, -0.2) is 21.4 Å². The molecule has 1 aliphatic rings. The number of hydrogen-bond donors (Lipinski definition) is 2. The summed E-state index contributed by atoms with van der Waals surface area (Å²) in [6.07, 6.45) is 2.67. The van der Waals surface area contributed by atoms with Crippen molar-refractivity contribution in [1.29, 1.82) is 0 Å². The zero-order chi connectivity index (χ0) is 31.3. The molecular weight excluding hydrogens is 565 g/mol. The number of nitrogens with one attached hydrogen (secondary N) is 1. The summed E-state index contributed by atoms with van der Waals surface area (Å²) in [7, 11) is 0. The molecule has 3 aromatic carbocycles. The fourth-order valence-electron chi connectivity index (χ4n) is 6.18. The van der Waals surface area contributed by atoms with Crippen molar-refractivity contribution in [3.8, 4) is 11.1 Å². The van der Waals surface area contributed by atoms with Crippen molar-refractivity contribution in [2.75, 3.05) is 0 Å². The second-order valence-corrected chi connectivity index (χ2v) is 12.0. The van der Waals surface area contributed by atoms with Gasteiger partial charge < -0.3 is 15.6 Å². The second-order valence-electron chi connectivity index (χ2n) is 12.0. The van der Waals surface area contributed by atoms with Crippen LogP contribution in [0.4, 0.5) is 13.2 Å². The van der Waals surface area contributed by atoms with Gasteiger partial charge in [0.2, 0.25) is 0 Å². The second kappa shape index (κ2) is 11.0. The minimum Gasteiger partial charge on any atom is -0.366 e. The molecule has 5 aromatic rings. The number of halogens is 3. The fourth-order valence-corrected chi connectivity index (χ4v) is 6.18. The Morgan fingerprint density at radius 3 is 2.36 bits per heavy atom. The Labute approximate surface area is 252 Å². The van der Waals surface area contributed by atoms with Gasteiger partial charge in [-0.2, -0.15) is 0 Å². The van der Waals surface area contributed by atoms with E-state index in [1.165, 1.54) is 24.3 Å². The van der Waals surface area contributed by atoms with Crippen molar-refractivity contribution in [2.45, 2.75) is 45.7 Å². The van der Waals surface area contributed by atoms with Crippen LogP contribution in [0.5, 0.6) is 0 Å². The monoisotopic (exact) mass is 596 g/mol. The van der Waals surface area contributed by atoms with E-state index in [-0.39, 0.29) is 28.8 Å². The normalized spacial score (nSPS) is 16.0. The van der Waals surface area contributed by atoms with Gasteiger partial charge in [0.15, 0.2) is 11.6 Å². The fraction of sp³-hybridized carbons (Fsp3) is 0.229. The average Bonchev–Trinajstić information content (AvgIpc) is 3.47. The van der Waals surface area contributed by atoms with Gasteiger partial charge in [-0.05, 0) is 78.4 Å². The Kier molecular flexibility index (Phi) is 7.27. The molecule has 0 unspecified atom stereocenters. The molecule has 2 amide bonds. The summed E-state index contributed by atoms with van der Waals surface area (Å²) in [6, 6.07) is 17.4. The summed E-state index contributed by atoms with van der Waals surface area (Å²) in [5.74, 6) is -3.07. The van der Waals surface area contributed by atoms with Crippen LogP contribution in [0.2, 0.25) is 0 Å². The van der Waals surface area contributed by atoms with Crippen molar-refractivity contribution in [1.82, 2.24) is 14.9 Å². The first-order valence-electron chi connectivity index (χ1n) is 14.4. The van der Waals surface area contributed by atoms with Gasteiger partial charge >= 0.3 is 0 Å². The predicted molar refractivity (Wildman–Crippen MR) is 163 cm³/mol. The van der Waals surface area contributed by atoms with Gasteiger partial charge in [-0.3, -0.25) is 14.6 Å². The highest BCUT2D eigenvalue weighted by Gasteiger charge is 2.44. The SMILES string of the molecule is CC(C)Cc1nc2c(c(-c3ccc4c(ccn4Cc4ccc(F)c(F)c4)c3)c1C(N)=O)C(=O)N[C@@]2(C)Cc1ccc(F)cc1. The highest BCUT2D eigenvalue weighted by Crippen LogP contribution is 2.42.